The average Bonchev–Trinajstić information content (AvgIpc) is 3.00. The zero-order valence-electron chi connectivity index (χ0n) is 16.5. The van der Waals surface area contributed by atoms with Gasteiger partial charge in [-0.25, -0.2) is 4.98 Å². The van der Waals surface area contributed by atoms with Crippen LogP contribution in [0.1, 0.15) is 25.5 Å². The van der Waals surface area contributed by atoms with Crippen molar-refractivity contribution in [3.8, 4) is 0 Å². The van der Waals surface area contributed by atoms with Gasteiger partial charge in [0.05, 0.1) is 17.7 Å². The number of ether oxygens (including phenoxy) is 1. The maximum Gasteiger partial charge on any atom is 0.314 e. The Kier molecular flexibility index (Phi) is 5.57. The number of likely N-dealkylation sites (tertiary alicyclic amines) is 1. The van der Waals surface area contributed by atoms with Crippen LogP contribution in [0.3, 0.4) is 0 Å². The second kappa shape index (κ2) is 8.27. The zero-order valence-corrected chi connectivity index (χ0v) is 16.5. The minimum absolute atomic E-state index is 0.0434. The summed E-state index contributed by atoms with van der Waals surface area (Å²) < 4.78 is 5.56. The van der Waals surface area contributed by atoms with Crippen molar-refractivity contribution in [2.24, 2.45) is 11.3 Å². The van der Waals surface area contributed by atoms with Crippen LogP contribution in [0.15, 0.2) is 48.8 Å². The Balaban J connectivity index is 1.58. The molecule has 6 nitrogen and oxygen atoms in total. The molecule has 2 aromatic heterocycles. The fourth-order valence-electron chi connectivity index (χ4n) is 4.70. The first-order valence-electron chi connectivity index (χ1n) is 10.2. The van der Waals surface area contributed by atoms with Gasteiger partial charge in [0.1, 0.15) is 5.82 Å². The number of hydrogen-bond donors (Lipinski definition) is 0. The fourth-order valence-corrected chi connectivity index (χ4v) is 4.70. The number of hydrogen-bond acceptors (Lipinski definition) is 6. The molecule has 2 aromatic rings. The van der Waals surface area contributed by atoms with Crippen molar-refractivity contribution in [2.75, 3.05) is 37.7 Å². The summed E-state index contributed by atoms with van der Waals surface area (Å²) in [6.45, 7) is 6.50. The van der Waals surface area contributed by atoms with Gasteiger partial charge in [-0.15, -0.1) is 0 Å². The third kappa shape index (κ3) is 3.74. The van der Waals surface area contributed by atoms with Crippen molar-refractivity contribution in [1.82, 2.24) is 14.9 Å². The van der Waals surface area contributed by atoms with Crippen LogP contribution in [0.5, 0.6) is 0 Å². The number of carbonyl (C=O) groups excluding carboxylic acids is 1. The Morgan fingerprint density at radius 2 is 2.00 bits per heavy atom. The summed E-state index contributed by atoms with van der Waals surface area (Å²) in [6.07, 6.45) is 5.50. The molecule has 0 bridgehead atoms. The molecule has 28 heavy (non-hydrogen) atoms. The SMILES string of the molecule is CCOC(=O)[C@]12CCCN(Cc3ccccn3)C[C@H]1CN(c1ccccn1)C2. The lowest BCUT2D eigenvalue weighted by Gasteiger charge is -2.31. The van der Waals surface area contributed by atoms with Gasteiger partial charge in [-0.2, -0.15) is 0 Å². The number of aromatic nitrogens is 2. The molecule has 4 heterocycles. The monoisotopic (exact) mass is 380 g/mol. The molecule has 0 aromatic carbocycles. The number of rotatable bonds is 5. The van der Waals surface area contributed by atoms with Gasteiger partial charge in [0.2, 0.25) is 0 Å². The summed E-state index contributed by atoms with van der Waals surface area (Å²) in [4.78, 5) is 26.8. The van der Waals surface area contributed by atoms with Gasteiger partial charge in [-0.05, 0) is 50.6 Å². The summed E-state index contributed by atoms with van der Waals surface area (Å²) >= 11 is 0. The van der Waals surface area contributed by atoms with Crippen LogP contribution < -0.4 is 4.90 Å². The Labute approximate surface area is 166 Å². The lowest BCUT2D eigenvalue weighted by molar-refractivity contribution is -0.157. The third-order valence-corrected chi connectivity index (χ3v) is 6.04. The van der Waals surface area contributed by atoms with Crippen molar-refractivity contribution in [2.45, 2.75) is 26.3 Å². The van der Waals surface area contributed by atoms with Crippen LogP contribution in [0.25, 0.3) is 0 Å². The Morgan fingerprint density at radius 1 is 1.18 bits per heavy atom. The molecule has 148 valence electrons. The first kappa shape index (κ1) is 18.9. The van der Waals surface area contributed by atoms with Crippen LogP contribution in [0.4, 0.5) is 5.82 Å². The van der Waals surface area contributed by atoms with E-state index in [1.807, 2.05) is 49.6 Å². The zero-order chi connectivity index (χ0) is 19.4. The van der Waals surface area contributed by atoms with Gasteiger partial charge < -0.3 is 9.64 Å². The van der Waals surface area contributed by atoms with E-state index >= 15 is 0 Å². The quantitative estimate of drug-likeness (QED) is 0.744. The van der Waals surface area contributed by atoms with Crippen LogP contribution in [-0.4, -0.2) is 53.6 Å². The summed E-state index contributed by atoms with van der Waals surface area (Å²) in [5.41, 5.74) is 0.623. The molecule has 2 aliphatic heterocycles. The van der Waals surface area contributed by atoms with Crippen molar-refractivity contribution >= 4 is 11.8 Å². The Morgan fingerprint density at radius 3 is 2.71 bits per heavy atom. The summed E-state index contributed by atoms with van der Waals surface area (Å²) in [6, 6.07) is 12.0. The van der Waals surface area contributed by atoms with Crippen LogP contribution in [0, 0.1) is 11.3 Å². The molecule has 0 N–H and O–H groups in total. The van der Waals surface area contributed by atoms with E-state index in [1.54, 1.807) is 0 Å². The number of pyridine rings is 2. The average molecular weight is 380 g/mol. The topological polar surface area (TPSA) is 58.6 Å². The molecular weight excluding hydrogens is 352 g/mol. The predicted molar refractivity (Wildman–Crippen MR) is 108 cm³/mol. The van der Waals surface area contributed by atoms with Crippen molar-refractivity contribution < 1.29 is 9.53 Å². The van der Waals surface area contributed by atoms with E-state index in [9.17, 15) is 4.79 Å². The smallest absolute Gasteiger partial charge is 0.314 e. The number of nitrogens with zero attached hydrogens (tertiary/aromatic N) is 4. The van der Waals surface area contributed by atoms with Gasteiger partial charge in [-0.1, -0.05) is 12.1 Å². The van der Waals surface area contributed by atoms with Gasteiger partial charge in [0.25, 0.3) is 0 Å². The molecule has 0 amide bonds. The molecule has 0 aliphatic carbocycles. The highest BCUT2D eigenvalue weighted by Crippen LogP contribution is 2.45. The Bertz CT molecular complexity index is 786. The van der Waals surface area contributed by atoms with E-state index in [2.05, 4.69) is 25.8 Å². The summed E-state index contributed by atoms with van der Waals surface area (Å²) in [5, 5.41) is 0. The maximum atomic E-state index is 13.1. The molecule has 2 atom stereocenters. The normalized spacial score (nSPS) is 25.2. The molecule has 4 rings (SSSR count). The van der Waals surface area contributed by atoms with Gasteiger partial charge >= 0.3 is 5.97 Å². The molecule has 2 fully saturated rings. The second-order valence-corrected chi connectivity index (χ2v) is 7.80. The lowest BCUT2D eigenvalue weighted by Crippen LogP contribution is -2.42. The standard InChI is InChI=1S/C22H28N4O2/c1-2-28-21(27)22-10-7-13-25(16-19-8-3-5-11-23-19)14-18(22)15-26(17-22)20-9-4-6-12-24-20/h3-6,8-9,11-12,18H,2,7,10,13-17H2,1H3/t18-,22-/m0/s1. The van der Waals surface area contributed by atoms with Gasteiger partial charge in [0, 0.05) is 44.5 Å². The number of carbonyl (C=O) groups is 1. The van der Waals surface area contributed by atoms with E-state index in [4.69, 9.17) is 4.74 Å². The van der Waals surface area contributed by atoms with E-state index in [1.165, 1.54) is 0 Å². The molecule has 2 aliphatic rings. The number of esters is 1. The van der Waals surface area contributed by atoms with E-state index < -0.39 is 5.41 Å². The van der Waals surface area contributed by atoms with Crippen molar-refractivity contribution in [3.63, 3.8) is 0 Å². The lowest BCUT2D eigenvalue weighted by atomic mass is 9.75. The molecule has 0 spiro atoms. The molecule has 2 saturated heterocycles. The van der Waals surface area contributed by atoms with E-state index in [0.717, 1.165) is 50.5 Å². The van der Waals surface area contributed by atoms with E-state index in [-0.39, 0.29) is 11.9 Å². The number of fused-ring (bicyclic) bond motifs is 1. The summed E-state index contributed by atoms with van der Waals surface area (Å²) in [5.74, 6) is 1.12. The minimum atomic E-state index is -0.452. The molecular formula is C22H28N4O2. The molecule has 0 unspecified atom stereocenters. The van der Waals surface area contributed by atoms with E-state index in [0.29, 0.717) is 13.2 Å². The highest BCUT2D eigenvalue weighted by molar-refractivity contribution is 5.79. The van der Waals surface area contributed by atoms with Gasteiger partial charge in [0.15, 0.2) is 0 Å². The first-order chi connectivity index (χ1) is 13.7. The fraction of sp³-hybridized carbons (Fsp3) is 0.500. The molecule has 0 radical (unpaired) electrons. The van der Waals surface area contributed by atoms with Crippen molar-refractivity contribution in [3.05, 3.63) is 54.5 Å². The maximum absolute atomic E-state index is 13.1. The summed E-state index contributed by atoms with van der Waals surface area (Å²) in [7, 11) is 0. The third-order valence-electron chi connectivity index (χ3n) is 6.04. The predicted octanol–water partition coefficient (Wildman–Crippen LogP) is 2.76. The second-order valence-electron chi connectivity index (χ2n) is 7.80. The first-order valence-corrected chi connectivity index (χ1v) is 10.2. The number of anilines is 1. The van der Waals surface area contributed by atoms with Crippen LogP contribution >= 0.6 is 0 Å². The minimum Gasteiger partial charge on any atom is -0.466 e. The highest BCUT2D eigenvalue weighted by atomic mass is 16.5. The molecule has 0 saturated carbocycles. The molecule has 6 heteroatoms. The van der Waals surface area contributed by atoms with Gasteiger partial charge in [-0.3, -0.25) is 14.7 Å². The Hall–Kier alpha value is -2.47. The van der Waals surface area contributed by atoms with Crippen LogP contribution in [0.2, 0.25) is 0 Å². The van der Waals surface area contributed by atoms with Crippen LogP contribution in [-0.2, 0) is 16.1 Å². The largest absolute Gasteiger partial charge is 0.466 e. The highest BCUT2D eigenvalue weighted by Gasteiger charge is 2.54. The van der Waals surface area contributed by atoms with Crippen molar-refractivity contribution in [1.29, 1.82) is 0 Å².